The van der Waals surface area contributed by atoms with Crippen molar-refractivity contribution in [2.45, 2.75) is 92.5 Å². The van der Waals surface area contributed by atoms with Gasteiger partial charge in [-0.05, 0) is 73.7 Å². The molecule has 1 atom stereocenters. The van der Waals surface area contributed by atoms with Gasteiger partial charge in [0, 0.05) is 55.0 Å². The molecule has 10 heteroatoms. The molecular formula is C38H40F3N3O2S2. The molecule has 3 heterocycles. The molecule has 1 unspecified atom stereocenters. The predicted molar refractivity (Wildman–Crippen MR) is 189 cm³/mol. The number of aryl methyl sites for hydroxylation is 1. The minimum Gasteiger partial charge on any atom is -0.481 e. The third-order valence-electron chi connectivity index (χ3n) is 8.75. The molecule has 48 heavy (non-hydrogen) atoms. The van der Waals surface area contributed by atoms with E-state index in [2.05, 4.69) is 53.9 Å². The molecule has 0 saturated heterocycles. The Morgan fingerprint density at radius 2 is 1.62 bits per heavy atom. The number of hydrogen-bond acceptors (Lipinski definition) is 5. The number of hydrogen-bond donors (Lipinski definition) is 2. The fourth-order valence-electron chi connectivity index (χ4n) is 6.08. The van der Waals surface area contributed by atoms with Gasteiger partial charge in [-0.2, -0.15) is 13.2 Å². The van der Waals surface area contributed by atoms with Crippen LogP contribution in [0.3, 0.4) is 0 Å². The number of thioether (sulfide) groups is 1. The number of pyridine rings is 2. The molecule has 2 aromatic carbocycles. The van der Waals surface area contributed by atoms with E-state index in [0.717, 1.165) is 54.8 Å². The second-order valence-electron chi connectivity index (χ2n) is 13.1. The third kappa shape index (κ3) is 7.76. The second kappa shape index (κ2) is 14.0. The van der Waals surface area contributed by atoms with Crippen molar-refractivity contribution in [1.29, 1.82) is 0 Å². The van der Waals surface area contributed by atoms with Gasteiger partial charge in [0.05, 0.1) is 16.7 Å². The molecule has 0 saturated carbocycles. The highest BCUT2D eigenvalue weighted by Crippen LogP contribution is 2.51. The molecule has 3 aromatic heterocycles. The minimum atomic E-state index is -4.45. The summed E-state index contributed by atoms with van der Waals surface area (Å²) in [6, 6.07) is 20.2. The first-order valence-corrected chi connectivity index (χ1v) is 17.6. The van der Waals surface area contributed by atoms with Crippen LogP contribution in [0.1, 0.15) is 75.8 Å². The Hall–Kier alpha value is -3.76. The molecule has 2 N–H and O–H groups in total. The fraction of sp³-hybridized carbons (Fsp3) is 0.342. The van der Waals surface area contributed by atoms with Crippen molar-refractivity contribution >= 4 is 40.4 Å². The Labute approximate surface area is 288 Å². The van der Waals surface area contributed by atoms with Crippen molar-refractivity contribution in [1.82, 2.24) is 15.0 Å². The number of aromatic amines is 1. The summed E-state index contributed by atoms with van der Waals surface area (Å²) in [5, 5.41) is 12.8. The standard InChI is InChI=1S/C38H40F3N3O2S2/c1-7-37(8-2,35(45)46)29(19-24-10-12-25(13-11-24)30-16-14-26(22-42-30)38(39,40)41)33-34(48-36(4,5)6)28-20-27(15-17-31(28)44-33)47-32-18-9-23(3)21-43-32/h9-18,20-22,29,44H,7-8,19H2,1-6H3,(H,45,46). The number of carbonyl (C=O) groups is 1. The zero-order valence-electron chi connectivity index (χ0n) is 27.9. The number of carboxylic acids is 1. The summed E-state index contributed by atoms with van der Waals surface area (Å²) in [6.45, 7) is 12.3. The topological polar surface area (TPSA) is 78.9 Å². The monoisotopic (exact) mass is 691 g/mol. The van der Waals surface area contributed by atoms with Gasteiger partial charge in [-0.1, -0.05) is 76.7 Å². The van der Waals surface area contributed by atoms with Crippen LogP contribution in [0, 0.1) is 12.3 Å². The van der Waals surface area contributed by atoms with Crippen LogP contribution in [0.15, 0.2) is 93.9 Å². The summed E-state index contributed by atoms with van der Waals surface area (Å²) >= 11 is 3.32. The number of fused-ring (bicyclic) bond motifs is 1. The number of aromatic nitrogens is 3. The first kappa shape index (κ1) is 35.5. The van der Waals surface area contributed by atoms with Crippen molar-refractivity contribution in [3.63, 3.8) is 0 Å². The molecule has 5 nitrogen and oxygen atoms in total. The smallest absolute Gasteiger partial charge is 0.417 e. The summed E-state index contributed by atoms with van der Waals surface area (Å²) in [6.07, 6.45) is -0.430. The van der Waals surface area contributed by atoms with E-state index in [0.29, 0.717) is 30.5 Å². The van der Waals surface area contributed by atoms with Gasteiger partial charge in [0.2, 0.25) is 0 Å². The molecule has 252 valence electrons. The maximum atomic E-state index is 13.2. The zero-order chi connectivity index (χ0) is 34.9. The van der Waals surface area contributed by atoms with E-state index in [1.54, 1.807) is 23.5 Å². The van der Waals surface area contributed by atoms with E-state index in [1.807, 2.05) is 63.4 Å². The Kier molecular flexibility index (Phi) is 10.4. The van der Waals surface area contributed by atoms with Crippen molar-refractivity contribution < 1.29 is 23.1 Å². The van der Waals surface area contributed by atoms with Crippen LogP contribution in [0.25, 0.3) is 22.2 Å². The lowest BCUT2D eigenvalue weighted by molar-refractivity contribution is -0.151. The van der Waals surface area contributed by atoms with E-state index in [9.17, 15) is 23.1 Å². The van der Waals surface area contributed by atoms with E-state index in [1.165, 1.54) is 6.07 Å². The molecule has 0 fully saturated rings. The van der Waals surface area contributed by atoms with Gasteiger partial charge in [0.15, 0.2) is 0 Å². The van der Waals surface area contributed by atoms with E-state index < -0.39 is 29.0 Å². The fourth-order valence-corrected chi connectivity index (χ4v) is 8.07. The SMILES string of the molecule is CCC(CC)(C(=O)O)C(Cc1ccc(-c2ccc(C(F)(F)F)cn2)cc1)c1[nH]c2ccc(Sc3ccc(C)cn3)cc2c1SC(C)(C)C. The molecule has 0 spiro atoms. The van der Waals surface area contributed by atoms with Crippen LogP contribution in [0.4, 0.5) is 13.2 Å². The Bertz CT molecular complexity index is 1880. The first-order valence-electron chi connectivity index (χ1n) is 15.9. The molecule has 0 aliphatic heterocycles. The van der Waals surface area contributed by atoms with Gasteiger partial charge in [-0.25, -0.2) is 4.98 Å². The van der Waals surface area contributed by atoms with Gasteiger partial charge in [0.25, 0.3) is 0 Å². The van der Waals surface area contributed by atoms with Gasteiger partial charge in [-0.3, -0.25) is 9.78 Å². The largest absolute Gasteiger partial charge is 0.481 e. The average Bonchev–Trinajstić information content (AvgIpc) is 3.38. The lowest BCUT2D eigenvalue weighted by Gasteiger charge is -2.36. The maximum Gasteiger partial charge on any atom is 0.417 e. The molecule has 0 aliphatic rings. The molecule has 0 radical (unpaired) electrons. The van der Waals surface area contributed by atoms with Crippen molar-refractivity contribution in [3.05, 3.63) is 102 Å². The number of benzene rings is 2. The third-order valence-corrected chi connectivity index (χ3v) is 10.9. The molecule has 5 rings (SSSR count). The van der Waals surface area contributed by atoms with Crippen molar-refractivity contribution in [2.24, 2.45) is 5.41 Å². The highest BCUT2D eigenvalue weighted by Gasteiger charge is 2.45. The van der Waals surface area contributed by atoms with Crippen LogP contribution in [-0.2, 0) is 17.4 Å². The lowest BCUT2D eigenvalue weighted by atomic mass is 9.67. The average molecular weight is 692 g/mol. The summed E-state index contributed by atoms with van der Waals surface area (Å²) in [5.74, 6) is -1.23. The summed E-state index contributed by atoms with van der Waals surface area (Å²) < 4.78 is 39.0. The summed E-state index contributed by atoms with van der Waals surface area (Å²) in [5.41, 5.74) is 3.14. The lowest BCUT2D eigenvalue weighted by Crippen LogP contribution is -2.38. The van der Waals surface area contributed by atoms with Crippen LogP contribution in [0.5, 0.6) is 0 Å². The van der Waals surface area contributed by atoms with E-state index in [4.69, 9.17) is 0 Å². The van der Waals surface area contributed by atoms with Crippen LogP contribution in [-0.4, -0.2) is 30.8 Å². The molecule has 0 amide bonds. The number of halogens is 3. The molecular weight excluding hydrogens is 652 g/mol. The molecule has 5 aromatic rings. The van der Waals surface area contributed by atoms with Crippen LogP contribution < -0.4 is 0 Å². The Morgan fingerprint density at radius 3 is 2.17 bits per heavy atom. The van der Waals surface area contributed by atoms with Crippen molar-refractivity contribution in [2.75, 3.05) is 0 Å². The quantitative estimate of drug-likeness (QED) is 0.134. The predicted octanol–water partition coefficient (Wildman–Crippen LogP) is 11.2. The van der Waals surface area contributed by atoms with Gasteiger partial charge in [-0.15, -0.1) is 11.8 Å². The Balaban J connectivity index is 1.58. The van der Waals surface area contributed by atoms with E-state index in [-0.39, 0.29) is 4.75 Å². The summed E-state index contributed by atoms with van der Waals surface area (Å²) in [4.78, 5) is 27.6. The number of rotatable bonds is 11. The number of H-pyrrole nitrogens is 1. The second-order valence-corrected chi connectivity index (χ2v) is 16.0. The van der Waals surface area contributed by atoms with Crippen molar-refractivity contribution in [3.8, 4) is 11.3 Å². The first-order chi connectivity index (χ1) is 22.6. The number of nitrogens with one attached hydrogen (secondary N) is 1. The van der Waals surface area contributed by atoms with Gasteiger partial charge >= 0.3 is 12.1 Å². The molecule has 0 bridgehead atoms. The zero-order valence-corrected chi connectivity index (χ0v) is 29.5. The highest BCUT2D eigenvalue weighted by atomic mass is 32.2. The number of nitrogens with zero attached hydrogens (tertiary/aromatic N) is 2. The number of carboxylic acid groups (broad SMARTS) is 1. The molecule has 0 aliphatic carbocycles. The van der Waals surface area contributed by atoms with Crippen LogP contribution >= 0.6 is 23.5 Å². The number of aliphatic carboxylic acids is 1. The summed E-state index contributed by atoms with van der Waals surface area (Å²) in [7, 11) is 0. The van der Waals surface area contributed by atoms with Crippen LogP contribution in [0.2, 0.25) is 0 Å². The van der Waals surface area contributed by atoms with E-state index >= 15 is 0 Å². The highest BCUT2D eigenvalue weighted by molar-refractivity contribution is 8.01. The Morgan fingerprint density at radius 1 is 0.917 bits per heavy atom. The van der Waals surface area contributed by atoms with Gasteiger partial charge in [0.1, 0.15) is 5.03 Å². The number of alkyl halides is 3. The minimum absolute atomic E-state index is 0.156. The normalized spacial score (nSPS) is 13.2. The van der Waals surface area contributed by atoms with Gasteiger partial charge < -0.3 is 10.1 Å². The maximum absolute atomic E-state index is 13.2.